The molecule has 0 atom stereocenters. The van der Waals surface area contributed by atoms with Crippen molar-refractivity contribution < 1.29 is 8.83 Å². The SMILES string of the molecule is C1=CC=C(c2nc(-c3cccc(-n4c5cc6c(cc5c5cccc(-c7cccc(-c8cccc9c8oc8ccccc89)c7)c54)CCCC=C6)c3)nc(-c3ccc4c(c3)oc3ccccc34)n2)CC=C1. The topological polar surface area (TPSA) is 69.9 Å². The van der Waals surface area contributed by atoms with E-state index in [1.165, 1.54) is 21.9 Å². The molecule has 0 unspecified atom stereocenters. The van der Waals surface area contributed by atoms with Gasteiger partial charge in [-0.3, -0.25) is 0 Å². The monoisotopic (exact) mass is 886 g/mol. The van der Waals surface area contributed by atoms with Gasteiger partial charge in [-0.25, -0.2) is 15.0 Å². The summed E-state index contributed by atoms with van der Waals surface area (Å²) in [6.07, 6.45) is 19.0. The van der Waals surface area contributed by atoms with Crippen molar-refractivity contribution in [3.05, 3.63) is 217 Å². The Kier molecular flexibility index (Phi) is 9.05. The maximum Gasteiger partial charge on any atom is 0.164 e. The molecule has 69 heavy (non-hydrogen) atoms. The van der Waals surface area contributed by atoms with E-state index in [1.54, 1.807) is 0 Å². The number of para-hydroxylation sites is 4. The van der Waals surface area contributed by atoms with Gasteiger partial charge in [0.25, 0.3) is 0 Å². The van der Waals surface area contributed by atoms with Crippen molar-refractivity contribution in [1.29, 1.82) is 0 Å². The molecule has 2 aliphatic carbocycles. The molecule has 2 aliphatic rings. The summed E-state index contributed by atoms with van der Waals surface area (Å²) in [5.41, 5.74) is 16.6. The molecule has 14 rings (SSSR count). The maximum atomic E-state index is 6.55. The standard InChI is InChI=1S/C63H42N4O2/c1-2-5-17-39(16-4-1)61-64-62(66-63(65-61)45-32-33-51-49-24-8-10-30-56(49)68-58(51)38-45)44-22-13-23-46(35-44)67-55-37-41-19-7-3-6-18-40(41)36-54(55)52-28-14-26-47(59(52)67)42-20-12-21-43(34-42)48-27-15-29-53-50-25-9-11-31-57(50)69-60(48)53/h1-2,4-5,7-16,19-38H,3,6,17-18H2. The van der Waals surface area contributed by atoms with Crippen LogP contribution in [-0.4, -0.2) is 19.5 Å². The Morgan fingerprint density at radius 1 is 0.464 bits per heavy atom. The van der Waals surface area contributed by atoms with Gasteiger partial charge in [-0.1, -0.05) is 152 Å². The van der Waals surface area contributed by atoms with E-state index in [0.717, 1.165) is 119 Å². The Balaban J connectivity index is 0.965. The summed E-state index contributed by atoms with van der Waals surface area (Å²) < 4.78 is 15.4. The first-order valence-electron chi connectivity index (χ1n) is 23.8. The number of nitrogens with zero attached hydrogens (tertiary/aromatic N) is 4. The smallest absolute Gasteiger partial charge is 0.164 e. The molecule has 0 amide bonds. The van der Waals surface area contributed by atoms with E-state index in [2.05, 4.69) is 168 Å². The van der Waals surface area contributed by atoms with Crippen molar-refractivity contribution >= 4 is 77.3 Å². The Morgan fingerprint density at radius 3 is 2.04 bits per heavy atom. The van der Waals surface area contributed by atoms with Crippen molar-refractivity contribution in [2.24, 2.45) is 0 Å². The lowest BCUT2D eigenvalue weighted by Gasteiger charge is -2.15. The lowest BCUT2D eigenvalue weighted by molar-refractivity contribution is 0.669. The molecule has 0 aliphatic heterocycles. The molecule has 326 valence electrons. The van der Waals surface area contributed by atoms with Crippen LogP contribution in [0.5, 0.6) is 0 Å². The molecule has 0 N–H and O–H groups in total. The van der Waals surface area contributed by atoms with Crippen molar-refractivity contribution in [3.63, 3.8) is 0 Å². The second-order valence-corrected chi connectivity index (χ2v) is 18.1. The molecule has 4 heterocycles. The number of fused-ring (bicyclic) bond motifs is 10. The van der Waals surface area contributed by atoms with Crippen molar-refractivity contribution in [2.45, 2.75) is 25.7 Å². The molecule has 4 aromatic heterocycles. The first-order valence-corrected chi connectivity index (χ1v) is 23.8. The fraction of sp³-hybridized carbons (Fsp3) is 0.0635. The number of hydrogen-bond donors (Lipinski definition) is 0. The van der Waals surface area contributed by atoms with E-state index in [-0.39, 0.29) is 0 Å². The van der Waals surface area contributed by atoms with Gasteiger partial charge < -0.3 is 13.4 Å². The van der Waals surface area contributed by atoms with Gasteiger partial charge in [-0.2, -0.15) is 0 Å². The summed E-state index contributed by atoms with van der Waals surface area (Å²) in [6.45, 7) is 0. The van der Waals surface area contributed by atoms with Crippen LogP contribution < -0.4 is 0 Å². The Hall–Kier alpha value is -8.87. The normalized spacial score (nSPS) is 13.8. The Bertz CT molecular complexity index is 4210. The lowest BCUT2D eigenvalue weighted by atomic mass is 9.96. The van der Waals surface area contributed by atoms with Crippen LogP contribution in [0.1, 0.15) is 36.2 Å². The second kappa shape index (κ2) is 15.9. The molecule has 0 fully saturated rings. The molecule has 6 heteroatoms. The molecule has 12 aromatic rings. The van der Waals surface area contributed by atoms with Gasteiger partial charge in [-0.15, -0.1) is 0 Å². The number of aryl methyl sites for hydroxylation is 1. The van der Waals surface area contributed by atoms with E-state index in [9.17, 15) is 0 Å². The first-order chi connectivity index (χ1) is 34.2. The van der Waals surface area contributed by atoms with Gasteiger partial charge >= 0.3 is 0 Å². The third-order valence-electron chi connectivity index (χ3n) is 14.0. The number of furan rings is 2. The van der Waals surface area contributed by atoms with Crippen LogP contribution in [0.2, 0.25) is 0 Å². The molecular weight excluding hydrogens is 845 g/mol. The van der Waals surface area contributed by atoms with Crippen LogP contribution in [0.15, 0.2) is 209 Å². The summed E-state index contributed by atoms with van der Waals surface area (Å²) in [7, 11) is 0. The minimum atomic E-state index is 0.590. The lowest BCUT2D eigenvalue weighted by Crippen LogP contribution is -2.03. The van der Waals surface area contributed by atoms with Gasteiger partial charge in [0.2, 0.25) is 0 Å². The highest BCUT2D eigenvalue weighted by Gasteiger charge is 2.22. The number of rotatable bonds is 6. The third-order valence-corrected chi connectivity index (χ3v) is 14.0. The molecule has 6 nitrogen and oxygen atoms in total. The van der Waals surface area contributed by atoms with E-state index in [0.29, 0.717) is 23.9 Å². The van der Waals surface area contributed by atoms with Gasteiger partial charge in [0, 0.05) is 65.8 Å². The predicted molar refractivity (Wildman–Crippen MR) is 283 cm³/mol. The third kappa shape index (κ3) is 6.59. The van der Waals surface area contributed by atoms with Gasteiger partial charge in [0.05, 0.1) is 11.0 Å². The average Bonchev–Trinajstić information content (AvgIpc) is 3.89. The quantitative estimate of drug-likeness (QED) is 0.166. The Labute approximate surface area is 397 Å². The highest BCUT2D eigenvalue weighted by molar-refractivity contribution is 6.15. The summed E-state index contributed by atoms with van der Waals surface area (Å²) in [4.78, 5) is 15.6. The highest BCUT2D eigenvalue weighted by atomic mass is 16.3. The van der Waals surface area contributed by atoms with Crippen LogP contribution in [0.25, 0.3) is 128 Å². The zero-order valence-electron chi connectivity index (χ0n) is 37.6. The van der Waals surface area contributed by atoms with E-state index < -0.39 is 0 Å². The summed E-state index contributed by atoms with van der Waals surface area (Å²) in [5, 5.41) is 6.84. The van der Waals surface area contributed by atoms with Crippen LogP contribution in [0.3, 0.4) is 0 Å². The molecule has 0 bridgehead atoms. The molecule has 0 saturated carbocycles. The van der Waals surface area contributed by atoms with Crippen molar-refractivity contribution in [1.82, 2.24) is 19.5 Å². The number of benzene rings is 8. The zero-order valence-corrected chi connectivity index (χ0v) is 37.6. The molecule has 0 spiro atoms. The van der Waals surface area contributed by atoms with E-state index in [1.807, 2.05) is 42.5 Å². The zero-order chi connectivity index (χ0) is 45.4. The van der Waals surface area contributed by atoms with Crippen LogP contribution in [-0.2, 0) is 6.42 Å². The van der Waals surface area contributed by atoms with Crippen molar-refractivity contribution in [3.8, 4) is 50.7 Å². The summed E-state index contributed by atoms with van der Waals surface area (Å²) >= 11 is 0. The van der Waals surface area contributed by atoms with Crippen LogP contribution in [0, 0.1) is 0 Å². The molecule has 0 radical (unpaired) electrons. The minimum absolute atomic E-state index is 0.590. The second-order valence-electron chi connectivity index (χ2n) is 18.1. The predicted octanol–water partition coefficient (Wildman–Crippen LogP) is 16.7. The average molecular weight is 887 g/mol. The highest BCUT2D eigenvalue weighted by Crippen LogP contribution is 2.43. The summed E-state index contributed by atoms with van der Waals surface area (Å²) in [6, 6.07) is 58.4. The minimum Gasteiger partial charge on any atom is -0.456 e. The fourth-order valence-corrected chi connectivity index (χ4v) is 10.7. The van der Waals surface area contributed by atoms with Crippen LogP contribution in [0.4, 0.5) is 0 Å². The first kappa shape index (κ1) is 39.3. The Morgan fingerprint density at radius 2 is 1.16 bits per heavy atom. The number of aromatic nitrogens is 4. The van der Waals surface area contributed by atoms with Gasteiger partial charge in [0.1, 0.15) is 22.3 Å². The molecule has 0 saturated heterocycles. The van der Waals surface area contributed by atoms with Crippen molar-refractivity contribution in [2.75, 3.05) is 0 Å². The van der Waals surface area contributed by atoms with E-state index >= 15 is 0 Å². The van der Waals surface area contributed by atoms with Crippen LogP contribution >= 0.6 is 0 Å². The fourth-order valence-electron chi connectivity index (χ4n) is 10.7. The van der Waals surface area contributed by atoms with Gasteiger partial charge in [-0.05, 0) is 103 Å². The maximum absolute atomic E-state index is 6.55. The van der Waals surface area contributed by atoms with Gasteiger partial charge in [0.15, 0.2) is 17.5 Å². The van der Waals surface area contributed by atoms with E-state index in [4.69, 9.17) is 23.8 Å². The summed E-state index contributed by atoms with van der Waals surface area (Å²) in [5.74, 6) is 1.84. The molecular formula is C63H42N4O2. The largest absolute Gasteiger partial charge is 0.456 e. The molecule has 8 aromatic carbocycles. The number of allylic oxidation sites excluding steroid dienone is 7. The number of hydrogen-bond acceptors (Lipinski definition) is 5.